The van der Waals surface area contributed by atoms with Crippen molar-refractivity contribution in [3.05, 3.63) is 0 Å². The summed E-state index contributed by atoms with van der Waals surface area (Å²) in [6.45, 7) is 41.3. The van der Waals surface area contributed by atoms with Gasteiger partial charge in [-0.05, 0) is 156 Å². The number of carbonyl (C=O) groups is 4. The molecule has 0 amide bonds. The van der Waals surface area contributed by atoms with Crippen LogP contribution in [0.2, 0.25) is 143 Å². The number of cyclic esters (lactones) is 4. The molecule has 0 aliphatic carbocycles. The summed E-state index contributed by atoms with van der Waals surface area (Å²) in [5.41, 5.74) is 0. The van der Waals surface area contributed by atoms with Gasteiger partial charge in [0.1, 0.15) is 0 Å². The Hall–Kier alpha value is 0.0888. The van der Waals surface area contributed by atoms with Gasteiger partial charge >= 0.3 is 92.4 Å². The van der Waals surface area contributed by atoms with Crippen LogP contribution in [0, 0.1) is 11.8 Å². The fraction of sp³-hybridized carbons (Fsp3) is 0.882. The number of esters is 4. The number of hydrogen-bond acceptors (Lipinski definition) is 15. The molecule has 0 radical (unpaired) electrons. The van der Waals surface area contributed by atoms with Gasteiger partial charge in [0.05, 0.1) is 24.7 Å². The molecule has 2 aliphatic heterocycles. The largest absolute Gasteiger partial charge is 0.436 e. The van der Waals surface area contributed by atoms with Crippen LogP contribution in [0.25, 0.3) is 0 Å². The number of carbonyl (C=O) groups excluding carboxylic acids is 4. The van der Waals surface area contributed by atoms with E-state index in [0.717, 1.165) is 24.9 Å². The molecule has 0 aromatic carbocycles. The van der Waals surface area contributed by atoms with Gasteiger partial charge in [-0.2, -0.15) is 0 Å². The van der Waals surface area contributed by atoms with Crippen LogP contribution >= 0.6 is 0 Å². The molecule has 0 bridgehead atoms. The highest BCUT2D eigenvalue weighted by atomic mass is 28.5. The van der Waals surface area contributed by atoms with E-state index in [1.54, 1.807) is 0 Å². The molecular formula is C34H78O15Si10. The molecule has 0 spiro atoms. The van der Waals surface area contributed by atoms with Crippen LogP contribution in [0.5, 0.6) is 0 Å². The lowest BCUT2D eigenvalue weighted by Gasteiger charge is -2.44. The molecule has 2 saturated heterocycles. The third kappa shape index (κ3) is 21.5. The maximum absolute atomic E-state index is 11.9. The van der Waals surface area contributed by atoms with Gasteiger partial charge in [-0.1, -0.05) is 12.8 Å². The van der Waals surface area contributed by atoms with Crippen LogP contribution in [0.1, 0.15) is 38.5 Å². The Balaban J connectivity index is 1.93. The first-order valence-corrected chi connectivity index (χ1v) is 49.7. The minimum atomic E-state index is -2.79. The molecular weight excluding hydrogens is 929 g/mol. The molecule has 2 heterocycles. The van der Waals surface area contributed by atoms with Crippen molar-refractivity contribution in [3.8, 4) is 0 Å². The van der Waals surface area contributed by atoms with Crippen molar-refractivity contribution in [3.63, 3.8) is 0 Å². The molecule has 344 valence electrons. The van der Waals surface area contributed by atoms with Crippen LogP contribution in [0.4, 0.5) is 0 Å². The van der Waals surface area contributed by atoms with Crippen molar-refractivity contribution < 1.29 is 65.7 Å². The van der Waals surface area contributed by atoms with E-state index in [-0.39, 0.29) is 24.7 Å². The van der Waals surface area contributed by atoms with Crippen molar-refractivity contribution in [1.82, 2.24) is 0 Å². The second-order valence-corrected chi connectivity index (χ2v) is 58.6. The zero-order chi connectivity index (χ0) is 45.9. The van der Waals surface area contributed by atoms with E-state index in [2.05, 4.69) is 52.4 Å². The van der Waals surface area contributed by atoms with E-state index in [1.807, 2.05) is 78.6 Å². The van der Waals surface area contributed by atoms with Crippen LogP contribution < -0.4 is 0 Å². The van der Waals surface area contributed by atoms with Crippen LogP contribution in [-0.2, 0) is 65.7 Å². The topological polar surface area (TPSA) is 170 Å². The Kier molecular flexibility index (Phi) is 18.8. The summed E-state index contributed by atoms with van der Waals surface area (Å²) in [4.78, 5) is 46.8. The molecule has 0 aromatic heterocycles. The molecule has 0 N–H and O–H groups in total. The summed E-state index contributed by atoms with van der Waals surface area (Å²) in [7, 11) is -26.1. The maximum Gasteiger partial charge on any atom is 0.317 e. The summed E-state index contributed by atoms with van der Waals surface area (Å²) in [6, 6.07) is 1.69. The standard InChI is InChI=1S/C34H78O15Si10/c1-50(2,25-21-23-29-27-31(35)39-33(29)37)41-52(5,6)43-54(9,10)45-56(13,14)47-58(17,18)49-59(19,20)48-57(15,16)46-55(11,12)44-53(7,8)42-51(3,4)26-22-24-30-28-32(36)40-34(30)38/h29-30H,21-28H2,1-20H3. The Labute approximate surface area is 366 Å². The van der Waals surface area contributed by atoms with E-state index >= 15 is 0 Å². The quantitative estimate of drug-likeness (QED) is 0.0457. The van der Waals surface area contributed by atoms with Gasteiger partial charge in [-0.15, -0.1) is 0 Å². The smallest absolute Gasteiger partial charge is 0.317 e. The van der Waals surface area contributed by atoms with Crippen LogP contribution in [0.3, 0.4) is 0 Å². The summed E-state index contributed by atoms with van der Waals surface area (Å²) < 4.78 is 70.4. The number of ether oxygens (including phenoxy) is 2. The highest BCUT2D eigenvalue weighted by Gasteiger charge is 2.51. The number of hydrogen-bond donors (Lipinski definition) is 0. The Morgan fingerprint density at radius 1 is 0.373 bits per heavy atom. The normalized spacial score (nSPS) is 19.8. The highest BCUT2D eigenvalue weighted by molar-refractivity contribution is 6.93. The molecule has 0 aromatic rings. The molecule has 25 heteroatoms. The minimum absolute atomic E-state index is 0.167. The van der Waals surface area contributed by atoms with E-state index in [4.69, 9.17) is 46.5 Å². The zero-order valence-electron chi connectivity index (χ0n) is 39.9. The van der Waals surface area contributed by atoms with Gasteiger partial charge in [-0.25, -0.2) is 0 Å². The van der Waals surface area contributed by atoms with Gasteiger partial charge < -0.3 is 46.5 Å². The average molecular weight is 1010 g/mol. The minimum Gasteiger partial charge on any atom is -0.436 e. The molecule has 0 saturated carbocycles. The second kappa shape index (κ2) is 20.1. The second-order valence-electron chi connectivity index (χ2n) is 20.8. The molecule has 2 rings (SSSR count). The van der Waals surface area contributed by atoms with Gasteiger partial charge in [0.2, 0.25) is 0 Å². The van der Waals surface area contributed by atoms with E-state index in [1.165, 1.54) is 0 Å². The van der Waals surface area contributed by atoms with Crippen molar-refractivity contribution in [2.24, 2.45) is 11.8 Å². The summed E-state index contributed by atoms with van der Waals surface area (Å²) in [5.74, 6) is -2.39. The Morgan fingerprint density at radius 2 is 0.576 bits per heavy atom. The Morgan fingerprint density at radius 3 is 0.763 bits per heavy atom. The number of rotatable bonds is 26. The molecule has 2 aliphatic rings. The van der Waals surface area contributed by atoms with Crippen molar-refractivity contribution in [2.75, 3.05) is 0 Å². The zero-order valence-corrected chi connectivity index (χ0v) is 49.9. The van der Waals surface area contributed by atoms with Gasteiger partial charge in [-0.3, -0.25) is 19.2 Å². The summed E-state index contributed by atoms with van der Waals surface area (Å²) >= 11 is 0. The first-order valence-electron chi connectivity index (χ1n) is 20.9. The molecule has 15 nitrogen and oxygen atoms in total. The van der Waals surface area contributed by atoms with E-state index in [9.17, 15) is 19.2 Å². The Bertz CT molecular complexity index is 1390. The average Bonchev–Trinajstić information content (AvgIpc) is 3.39. The fourth-order valence-corrected chi connectivity index (χ4v) is 59.8. The van der Waals surface area contributed by atoms with Crippen molar-refractivity contribution in [2.45, 2.75) is 182 Å². The molecule has 2 fully saturated rings. The van der Waals surface area contributed by atoms with Crippen LogP contribution in [-0.4, -0.2) is 109 Å². The van der Waals surface area contributed by atoms with Crippen molar-refractivity contribution in [1.29, 1.82) is 0 Å². The van der Waals surface area contributed by atoms with E-state index < -0.39 is 109 Å². The maximum atomic E-state index is 11.9. The first-order chi connectivity index (χ1) is 26.1. The lowest BCUT2D eigenvalue weighted by Crippen LogP contribution is -2.62. The lowest BCUT2D eigenvalue weighted by atomic mass is 10.0. The third-order valence-corrected chi connectivity index (χ3v) is 48.1. The van der Waals surface area contributed by atoms with Crippen molar-refractivity contribution >= 4 is 109 Å². The van der Waals surface area contributed by atoms with Gasteiger partial charge in [0, 0.05) is 0 Å². The predicted octanol–water partition coefficient (Wildman–Crippen LogP) is 8.90. The molecule has 2 atom stereocenters. The fourth-order valence-electron chi connectivity index (χ4n) is 8.77. The molecule has 59 heavy (non-hydrogen) atoms. The highest BCUT2D eigenvalue weighted by Crippen LogP contribution is 2.33. The van der Waals surface area contributed by atoms with E-state index in [0.29, 0.717) is 12.8 Å². The van der Waals surface area contributed by atoms with Crippen LogP contribution in [0.15, 0.2) is 0 Å². The van der Waals surface area contributed by atoms with Gasteiger partial charge in [0.25, 0.3) is 0 Å². The lowest BCUT2D eigenvalue weighted by molar-refractivity contribution is -0.155. The van der Waals surface area contributed by atoms with Gasteiger partial charge in [0.15, 0.2) is 16.6 Å². The predicted molar refractivity (Wildman–Crippen MR) is 251 cm³/mol. The summed E-state index contributed by atoms with van der Waals surface area (Å²) in [6.07, 6.45) is 3.14. The molecule has 2 unspecified atom stereocenters. The third-order valence-electron chi connectivity index (χ3n) is 9.07. The monoisotopic (exact) mass is 1010 g/mol. The summed E-state index contributed by atoms with van der Waals surface area (Å²) in [5, 5.41) is 0. The SMILES string of the molecule is C[Si](C)(CCCC1CC(=O)OC1=O)O[Si](C)(C)O[Si](C)(C)O[Si](C)(C)O[Si](C)(C)O[Si](C)(C)O[Si](C)(C)O[Si](C)(C)O[Si](C)(C)O[Si](C)(C)CCCC1CC(=O)OC1=O. The first kappa shape index (κ1) is 55.2.